The Bertz CT molecular complexity index is 1160. The molecule has 2 heterocycles. The highest BCUT2D eigenvalue weighted by molar-refractivity contribution is 7.91. The minimum atomic E-state index is -3.69. The van der Waals surface area contributed by atoms with E-state index in [0.29, 0.717) is 18.6 Å². The van der Waals surface area contributed by atoms with Crippen molar-refractivity contribution in [3.8, 4) is 0 Å². The van der Waals surface area contributed by atoms with Crippen LogP contribution in [0, 0.1) is 11.6 Å². The first-order chi connectivity index (χ1) is 13.8. The number of sulfone groups is 1. The molecule has 1 saturated heterocycles. The van der Waals surface area contributed by atoms with Crippen molar-refractivity contribution in [1.82, 2.24) is 4.98 Å². The zero-order chi connectivity index (χ0) is 20.6. The van der Waals surface area contributed by atoms with Gasteiger partial charge in [-0.15, -0.1) is 0 Å². The van der Waals surface area contributed by atoms with Crippen LogP contribution in [0.25, 0.3) is 10.2 Å². The third-order valence-corrected chi connectivity index (χ3v) is 7.31. The standard InChI is InChI=1S/C19H16F2N2O4S2/c20-12-1-4-15(5-2-12)29(25,26)8-7-18(24)27-14-10-23(11-14)19-22-16-6-3-13(21)9-17(16)28-19/h1-6,9,14H,7-8,10-11H2. The quantitative estimate of drug-likeness (QED) is 0.435. The third kappa shape index (κ3) is 4.38. The van der Waals surface area contributed by atoms with Crippen LogP contribution in [0.2, 0.25) is 0 Å². The summed E-state index contributed by atoms with van der Waals surface area (Å²) in [6.07, 6.45) is -0.629. The number of esters is 1. The summed E-state index contributed by atoms with van der Waals surface area (Å²) < 4.78 is 56.6. The van der Waals surface area contributed by atoms with Gasteiger partial charge in [-0.25, -0.2) is 22.2 Å². The van der Waals surface area contributed by atoms with E-state index in [0.717, 1.165) is 22.0 Å². The number of fused-ring (bicyclic) bond motifs is 1. The summed E-state index contributed by atoms with van der Waals surface area (Å²) >= 11 is 1.36. The van der Waals surface area contributed by atoms with Crippen LogP contribution < -0.4 is 4.90 Å². The van der Waals surface area contributed by atoms with E-state index >= 15 is 0 Å². The first-order valence-corrected chi connectivity index (χ1v) is 11.3. The summed E-state index contributed by atoms with van der Waals surface area (Å²) in [5.74, 6) is -1.86. The van der Waals surface area contributed by atoms with Crippen molar-refractivity contribution in [1.29, 1.82) is 0 Å². The van der Waals surface area contributed by atoms with Gasteiger partial charge in [-0.1, -0.05) is 11.3 Å². The second-order valence-corrected chi connectivity index (χ2v) is 9.77. The maximum absolute atomic E-state index is 13.3. The number of thiazole rings is 1. The molecule has 6 nitrogen and oxygen atoms in total. The van der Waals surface area contributed by atoms with Crippen LogP contribution >= 0.6 is 11.3 Å². The lowest BCUT2D eigenvalue weighted by Crippen LogP contribution is -2.53. The Balaban J connectivity index is 1.27. The van der Waals surface area contributed by atoms with Gasteiger partial charge in [0.05, 0.1) is 40.4 Å². The fraction of sp³-hybridized carbons (Fsp3) is 0.263. The van der Waals surface area contributed by atoms with Gasteiger partial charge in [0.1, 0.15) is 17.7 Å². The van der Waals surface area contributed by atoms with Gasteiger partial charge in [-0.2, -0.15) is 0 Å². The summed E-state index contributed by atoms with van der Waals surface area (Å²) in [6, 6.07) is 8.86. The third-order valence-electron chi connectivity index (χ3n) is 4.50. The Kier molecular flexibility index (Phi) is 5.22. The highest BCUT2D eigenvalue weighted by Gasteiger charge is 2.32. The van der Waals surface area contributed by atoms with E-state index in [1.807, 2.05) is 4.90 Å². The number of rotatable bonds is 6. The minimum Gasteiger partial charge on any atom is -0.459 e. The van der Waals surface area contributed by atoms with Gasteiger partial charge in [0, 0.05) is 0 Å². The average Bonchev–Trinajstić information content (AvgIpc) is 3.05. The molecule has 152 valence electrons. The summed E-state index contributed by atoms with van der Waals surface area (Å²) in [5, 5.41) is 0.719. The summed E-state index contributed by atoms with van der Waals surface area (Å²) in [6.45, 7) is 0.886. The second kappa shape index (κ2) is 7.68. The molecule has 4 rings (SSSR count). The van der Waals surface area contributed by atoms with Gasteiger partial charge < -0.3 is 9.64 Å². The van der Waals surface area contributed by atoms with Crippen molar-refractivity contribution in [2.24, 2.45) is 0 Å². The van der Waals surface area contributed by atoms with Crippen molar-refractivity contribution in [2.45, 2.75) is 17.4 Å². The van der Waals surface area contributed by atoms with Crippen LogP contribution in [0.5, 0.6) is 0 Å². The zero-order valence-corrected chi connectivity index (χ0v) is 16.7. The summed E-state index contributed by atoms with van der Waals surface area (Å²) in [5.41, 5.74) is 0.706. The van der Waals surface area contributed by atoms with Crippen LogP contribution in [0.3, 0.4) is 0 Å². The van der Waals surface area contributed by atoms with E-state index in [2.05, 4.69) is 4.98 Å². The van der Waals surface area contributed by atoms with Crippen LogP contribution in [0.1, 0.15) is 6.42 Å². The van der Waals surface area contributed by atoms with E-state index in [-0.39, 0.29) is 23.2 Å². The predicted octanol–water partition coefficient (Wildman–Crippen LogP) is 3.17. The molecule has 0 unspecified atom stereocenters. The number of carbonyl (C=O) groups excluding carboxylic acids is 1. The molecule has 29 heavy (non-hydrogen) atoms. The van der Waals surface area contributed by atoms with Crippen LogP contribution in [-0.2, 0) is 19.4 Å². The SMILES string of the molecule is O=C(CCS(=O)(=O)c1ccc(F)cc1)OC1CN(c2nc3ccc(F)cc3s2)C1. The molecule has 2 aromatic carbocycles. The van der Waals surface area contributed by atoms with Crippen LogP contribution in [0.4, 0.5) is 13.9 Å². The van der Waals surface area contributed by atoms with Crippen molar-refractivity contribution in [2.75, 3.05) is 23.7 Å². The Morgan fingerprint density at radius 3 is 2.55 bits per heavy atom. The van der Waals surface area contributed by atoms with Crippen molar-refractivity contribution in [3.05, 3.63) is 54.1 Å². The first-order valence-electron chi connectivity index (χ1n) is 8.79. The molecule has 0 atom stereocenters. The molecule has 10 heteroatoms. The van der Waals surface area contributed by atoms with E-state index in [1.165, 1.54) is 35.6 Å². The molecule has 3 aromatic rings. The monoisotopic (exact) mass is 438 g/mol. The van der Waals surface area contributed by atoms with Crippen LogP contribution in [-0.4, -0.2) is 44.3 Å². The zero-order valence-electron chi connectivity index (χ0n) is 15.0. The van der Waals surface area contributed by atoms with Crippen molar-refractivity contribution in [3.63, 3.8) is 0 Å². The van der Waals surface area contributed by atoms with Crippen LogP contribution in [0.15, 0.2) is 47.4 Å². The smallest absolute Gasteiger partial charge is 0.307 e. The van der Waals surface area contributed by atoms with Gasteiger partial charge in [0.2, 0.25) is 0 Å². The highest BCUT2D eigenvalue weighted by atomic mass is 32.2. The highest BCUT2D eigenvalue weighted by Crippen LogP contribution is 2.32. The summed E-state index contributed by atoms with van der Waals surface area (Å²) in [7, 11) is -3.69. The molecule has 0 radical (unpaired) electrons. The number of anilines is 1. The van der Waals surface area contributed by atoms with E-state index in [1.54, 1.807) is 6.07 Å². The van der Waals surface area contributed by atoms with Gasteiger partial charge in [0.15, 0.2) is 15.0 Å². The molecule has 0 spiro atoms. The van der Waals surface area contributed by atoms with Crippen molar-refractivity contribution < 1.29 is 26.7 Å². The number of hydrogen-bond acceptors (Lipinski definition) is 7. The van der Waals surface area contributed by atoms with Gasteiger partial charge in [-0.05, 0) is 42.5 Å². The van der Waals surface area contributed by atoms with E-state index in [9.17, 15) is 22.0 Å². The largest absolute Gasteiger partial charge is 0.459 e. The molecular formula is C19H16F2N2O4S2. The van der Waals surface area contributed by atoms with Gasteiger partial charge in [0.25, 0.3) is 0 Å². The average molecular weight is 438 g/mol. The number of ether oxygens (including phenoxy) is 1. The Hall–Kier alpha value is -2.59. The van der Waals surface area contributed by atoms with E-state index < -0.39 is 27.4 Å². The molecule has 1 aliphatic rings. The van der Waals surface area contributed by atoms with Crippen molar-refractivity contribution >= 4 is 42.5 Å². The topological polar surface area (TPSA) is 76.6 Å². The maximum atomic E-state index is 13.3. The number of nitrogens with zero attached hydrogens (tertiary/aromatic N) is 2. The molecule has 1 fully saturated rings. The lowest BCUT2D eigenvalue weighted by Gasteiger charge is -2.38. The maximum Gasteiger partial charge on any atom is 0.307 e. The number of hydrogen-bond donors (Lipinski definition) is 0. The Morgan fingerprint density at radius 1 is 1.14 bits per heavy atom. The number of benzene rings is 2. The molecular weight excluding hydrogens is 422 g/mol. The molecule has 0 saturated carbocycles. The number of aromatic nitrogens is 1. The van der Waals surface area contributed by atoms with Gasteiger partial charge >= 0.3 is 5.97 Å². The number of carbonyl (C=O) groups is 1. The molecule has 1 aliphatic heterocycles. The predicted molar refractivity (Wildman–Crippen MR) is 105 cm³/mol. The molecule has 0 amide bonds. The first kappa shape index (κ1) is 19.7. The van der Waals surface area contributed by atoms with E-state index in [4.69, 9.17) is 4.74 Å². The Morgan fingerprint density at radius 2 is 1.83 bits per heavy atom. The minimum absolute atomic E-state index is 0.0335. The lowest BCUT2D eigenvalue weighted by atomic mass is 10.2. The normalized spacial score (nSPS) is 14.8. The molecule has 0 N–H and O–H groups in total. The molecule has 0 bridgehead atoms. The molecule has 1 aromatic heterocycles. The fourth-order valence-electron chi connectivity index (χ4n) is 2.91. The fourth-order valence-corrected chi connectivity index (χ4v) is 5.14. The lowest BCUT2D eigenvalue weighted by molar-refractivity contribution is -0.149. The Labute approximate surface area is 169 Å². The summed E-state index contributed by atoms with van der Waals surface area (Å²) in [4.78, 5) is 18.3. The number of halogens is 2. The second-order valence-electron chi connectivity index (χ2n) is 6.65. The molecule has 0 aliphatic carbocycles. The van der Waals surface area contributed by atoms with Gasteiger partial charge in [-0.3, -0.25) is 4.79 Å².